The Hall–Kier alpha value is -2.14. The molecule has 2 aromatic carbocycles. The lowest BCUT2D eigenvalue weighted by Gasteiger charge is -2.20. The number of benzene rings is 2. The minimum absolute atomic E-state index is 0.00100. The van der Waals surface area contributed by atoms with Crippen LogP contribution in [0.2, 0.25) is 0 Å². The lowest BCUT2D eigenvalue weighted by atomic mass is 9.99. The molecule has 0 heterocycles. The predicted octanol–water partition coefficient (Wildman–Crippen LogP) is 5.25. The normalized spacial score (nSPS) is 21.7. The molecule has 3 unspecified atom stereocenters. The molecule has 30 heavy (non-hydrogen) atoms. The van der Waals surface area contributed by atoms with E-state index in [1.54, 1.807) is 38.1 Å². The van der Waals surface area contributed by atoms with Crippen molar-refractivity contribution in [3.8, 4) is 5.75 Å². The SMILES string of the molecule is CC1CCC(Oc2ccc(CC(=O)c3ccc(CS(=O)(=O)C(C)C)cc3)cc2)C1C. The minimum Gasteiger partial charge on any atom is -0.490 e. The molecular formula is C25H32O4S. The predicted molar refractivity (Wildman–Crippen MR) is 121 cm³/mol. The lowest BCUT2D eigenvalue weighted by Crippen LogP contribution is -2.21. The molecule has 0 saturated heterocycles. The highest BCUT2D eigenvalue weighted by Crippen LogP contribution is 2.34. The quantitative estimate of drug-likeness (QED) is 0.539. The van der Waals surface area contributed by atoms with Crippen LogP contribution >= 0.6 is 0 Å². The zero-order valence-corrected chi connectivity index (χ0v) is 19.1. The maximum absolute atomic E-state index is 12.6. The van der Waals surface area contributed by atoms with E-state index in [1.165, 1.54) is 6.42 Å². The molecule has 5 heteroatoms. The van der Waals surface area contributed by atoms with E-state index in [1.807, 2.05) is 24.3 Å². The summed E-state index contributed by atoms with van der Waals surface area (Å²) in [5.74, 6) is 2.13. The van der Waals surface area contributed by atoms with Gasteiger partial charge in [-0.2, -0.15) is 0 Å². The molecule has 0 aliphatic heterocycles. The molecule has 1 aliphatic carbocycles. The van der Waals surface area contributed by atoms with Gasteiger partial charge in [0.15, 0.2) is 15.6 Å². The third kappa shape index (κ3) is 5.51. The lowest BCUT2D eigenvalue weighted by molar-refractivity contribution is 0.0993. The molecule has 0 bridgehead atoms. The summed E-state index contributed by atoms with van der Waals surface area (Å²) < 4.78 is 30.2. The number of Topliss-reactive ketones (excluding diaryl/α,β-unsaturated/α-hetero) is 1. The Kier molecular flexibility index (Phi) is 7.02. The number of ether oxygens (including phenoxy) is 1. The maximum atomic E-state index is 12.6. The van der Waals surface area contributed by atoms with E-state index >= 15 is 0 Å². The highest BCUT2D eigenvalue weighted by atomic mass is 32.2. The van der Waals surface area contributed by atoms with Crippen molar-refractivity contribution >= 4 is 15.6 Å². The van der Waals surface area contributed by atoms with Crippen LogP contribution < -0.4 is 4.74 Å². The minimum atomic E-state index is -3.15. The standard InChI is InChI=1S/C25H32O4S/c1-17(2)30(27,28)16-21-6-10-22(11-7-21)24(26)15-20-8-12-23(13-9-20)29-25-14-5-18(3)19(25)4/h6-13,17-19,25H,5,14-16H2,1-4H3. The van der Waals surface area contributed by atoms with Gasteiger partial charge in [-0.3, -0.25) is 4.79 Å². The molecule has 1 fully saturated rings. The highest BCUT2D eigenvalue weighted by molar-refractivity contribution is 7.91. The molecule has 1 saturated carbocycles. The van der Waals surface area contributed by atoms with Crippen LogP contribution in [0.1, 0.15) is 62.0 Å². The van der Waals surface area contributed by atoms with Crippen molar-refractivity contribution in [3.63, 3.8) is 0 Å². The first-order valence-corrected chi connectivity index (χ1v) is 12.5. The van der Waals surface area contributed by atoms with E-state index < -0.39 is 15.1 Å². The van der Waals surface area contributed by atoms with Crippen LogP contribution in [-0.4, -0.2) is 25.6 Å². The first-order valence-electron chi connectivity index (χ1n) is 10.7. The van der Waals surface area contributed by atoms with Crippen molar-refractivity contribution in [2.24, 2.45) is 11.8 Å². The average molecular weight is 429 g/mol. The van der Waals surface area contributed by atoms with Crippen LogP contribution in [-0.2, 0) is 22.0 Å². The summed E-state index contributed by atoms with van der Waals surface area (Å²) in [4.78, 5) is 12.6. The van der Waals surface area contributed by atoms with Gasteiger partial charge in [-0.15, -0.1) is 0 Å². The Morgan fingerprint density at radius 2 is 1.57 bits per heavy atom. The van der Waals surface area contributed by atoms with Crippen LogP contribution in [0, 0.1) is 11.8 Å². The Balaban J connectivity index is 1.58. The van der Waals surface area contributed by atoms with Gasteiger partial charge in [0.2, 0.25) is 0 Å². The van der Waals surface area contributed by atoms with Gasteiger partial charge in [0, 0.05) is 12.0 Å². The topological polar surface area (TPSA) is 60.4 Å². The number of hydrogen-bond donors (Lipinski definition) is 0. The number of rotatable bonds is 8. The summed E-state index contributed by atoms with van der Waals surface area (Å²) in [6.45, 7) is 7.88. The fourth-order valence-corrected chi connectivity index (χ4v) is 4.81. The van der Waals surface area contributed by atoms with Crippen LogP contribution in [0.5, 0.6) is 5.75 Å². The van der Waals surface area contributed by atoms with Gasteiger partial charge in [0.05, 0.1) is 11.0 Å². The molecule has 3 atom stereocenters. The number of carbonyl (C=O) groups excluding carboxylic acids is 1. The van der Waals surface area contributed by atoms with Crippen LogP contribution in [0.15, 0.2) is 48.5 Å². The number of carbonyl (C=O) groups is 1. The van der Waals surface area contributed by atoms with Crippen molar-refractivity contribution in [1.29, 1.82) is 0 Å². The Morgan fingerprint density at radius 1 is 0.967 bits per heavy atom. The Morgan fingerprint density at radius 3 is 2.10 bits per heavy atom. The van der Waals surface area contributed by atoms with Crippen molar-refractivity contribution in [2.75, 3.05) is 0 Å². The molecule has 162 valence electrons. The van der Waals surface area contributed by atoms with Gasteiger partial charge < -0.3 is 4.74 Å². The molecule has 0 amide bonds. The summed E-state index contributed by atoms with van der Waals surface area (Å²) in [6, 6.07) is 14.7. The molecule has 1 aliphatic rings. The van der Waals surface area contributed by atoms with Gasteiger partial charge >= 0.3 is 0 Å². The second kappa shape index (κ2) is 9.34. The number of hydrogen-bond acceptors (Lipinski definition) is 4. The van der Waals surface area contributed by atoms with Crippen LogP contribution in [0.3, 0.4) is 0 Å². The molecule has 0 aromatic heterocycles. The molecule has 0 spiro atoms. The average Bonchev–Trinajstić information content (AvgIpc) is 3.01. The molecule has 2 aromatic rings. The molecular weight excluding hydrogens is 396 g/mol. The van der Waals surface area contributed by atoms with E-state index in [2.05, 4.69) is 13.8 Å². The molecule has 4 nitrogen and oxygen atoms in total. The van der Waals surface area contributed by atoms with Crippen molar-refractivity contribution in [3.05, 3.63) is 65.2 Å². The van der Waals surface area contributed by atoms with Gasteiger partial charge in [0.25, 0.3) is 0 Å². The highest BCUT2D eigenvalue weighted by Gasteiger charge is 2.31. The van der Waals surface area contributed by atoms with Crippen LogP contribution in [0.25, 0.3) is 0 Å². The van der Waals surface area contributed by atoms with E-state index in [-0.39, 0.29) is 17.6 Å². The first-order chi connectivity index (χ1) is 14.2. The van der Waals surface area contributed by atoms with E-state index in [0.717, 1.165) is 17.7 Å². The van der Waals surface area contributed by atoms with Gasteiger partial charge in [-0.1, -0.05) is 50.2 Å². The second-order valence-corrected chi connectivity index (χ2v) is 11.4. The monoisotopic (exact) mass is 428 g/mol. The zero-order chi connectivity index (χ0) is 21.9. The third-order valence-electron chi connectivity index (χ3n) is 6.33. The van der Waals surface area contributed by atoms with E-state index in [0.29, 0.717) is 29.4 Å². The first kappa shape index (κ1) is 22.5. The van der Waals surface area contributed by atoms with Crippen molar-refractivity contribution in [2.45, 2.75) is 64.1 Å². The smallest absolute Gasteiger partial charge is 0.167 e. The number of sulfone groups is 1. The summed E-state index contributed by atoms with van der Waals surface area (Å²) in [7, 11) is -3.15. The summed E-state index contributed by atoms with van der Waals surface area (Å²) in [5.41, 5.74) is 2.23. The summed E-state index contributed by atoms with van der Waals surface area (Å²) >= 11 is 0. The van der Waals surface area contributed by atoms with Gasteiger partial charge in [0.1, 0.15) is 11.9 Å². The van der Waals surface area contributed by atoms with Gasteiger partial charge in [-0.05, 0) is 61.8 Å². The van der Waals surface area contributed by atoms with Crippen molar-refractivity contribution in [1.82, 2.24) is 0 Å². The maximum Gasteiger partial charge on any atom is 0.167 e. The molecule has 0 radical (unpaired) electrons. The zero-order valence-electron chi connectivity index (χ0n) is 18.3. The van der Waals surface area contributed by atoms with E-state index in [9.17, 15) is 13.2 Å². The Labute approximate surface area is 180 Å². The van der Waals surface area contributed by atoms with Gasteiger partial charge in [-0.25, -0.2) is 8.42 Å². The van der Waals surface area contributed by atoms with Crippen molar-refractivity contribution < 1.29 is 17.9 Å². The fourth-order valence-electron chi connectivity index (χ4n) is 3.82. The Bertz CT molecular complexity index is 959. The summed E-state index contributed by atoms with van der Waals surface area (Å²) in [6.07, 6.45) is 2.88. The number of ketones is 1. The third-order valence-corrected chi connectivity index (χ3v) is 8.50. The fraction of sp³-hybridized carbons (Fsp3) is 0.480. The summed E-state index contributed by atoms with van der Waals surface area (Å²) in [5, 5.41) is -0.411. The molecule has 0 N–H and O–H groups in total. The largest absolute Gasteiger partial charge is 0.490 e. The van der Waals surface area contributed by atoms with E-state index in [4.69, 9.17) is 4.74 Å². The van der Waals surface area contributed by atoms with Crippen LogP contribution in [0.4, 0.5) is 0 Å². The second-order valence-electron chi connectivity index (χ2n) is 8.87. The molecule has 3 rings (SSSR count).